The largest absolute Gasteiger partial charge is 0.309 e. The lowest BCUT2D eigenvalue weighted by molar-refractivity contribution is 1.01. The number of rotatable bonds is 5. The van der Waals surface area contributed by atoms with Crippen molar-refractivity contribution >= 4 is 49.3 Å². The number of para-hydroxylation sites is 1. The molecule has 50 heavy (non-hydrogen) atoms. The molecule has 0 saturated carbocycles. The maximum absolute atomic E-state index is 4.95. The summed E-state index contributed by atoms with van der Waals surface area (Å²) in [5.41, 5.74) is 10.2. The first-order valence-electron chi connectivity index (χ1n) is 17.0. The highest BCUT2D eigenvalue weighted by Gasteiger charge is 2.18. The molecule has 0 radical (unpaired) electrons. The van der Waals surface area contributed by atoms with Crippen LogP contribution < -0.4 is 0 Å². The molecule has 0 fully saturated rings. The Kier molecular flexibility index (Phi) is 6.78. The van der Waals surface area contributed by atoms with Gasteiger partial charge in [0.2, 0.25) is 0 Å². The first-order valence-corrected chi connectivity index (χ1v) is 17.8. The van der Waals surface area contributed by atoms with Crippen molar-refractivity contribution in [3.8, 4) is 51.0 Å². The van der Waals surface area contributed by atoms with Gasteiger partial charge in [-0.1, -0.05) is 115 Å². The molecule has 3 heterocycles. The van der Waals surface area contributed by atoms with Crippen LogP contribution in [0.25, 0.3) is 88.9 Å². The van der Waals surface area contributed by atoms with E-state index in [9.17, 15) is 0 Å². The molecule has 0 N–H and O–H groups in total. The minimum absolute atomic E-state index is 0.651. The number of nitrogens with zero attached hydrogens (tertiary/aromatic N) is 4. The number of hydrogen-bond donors (Lipinski definition) is 0. The van der Waals surface area contributed by atoms with Gasteiger partial charge in [-0.2, -0.15) is 0 Å². The highest BCUT2D eigenvalue weighted by atomic mass is 32.1. The van der Waals surface area contributed by atoms with Gasteiger partial charge >= 0.3 is 0 Å². The molecule has 3 aromatic heterocycles. The molecular weight excluding hydrogens is 629 g/mol. The van der Waals surface area contributed by atoms with Crippen molar-refractivity contribution in [2.24, 2.45) is 0 Å². The third-order valence-electron chi connectivity index (χ3n) is 9.73. The van der Waals surface area contributed by atoms with E-state index >= 15 is 0 Å². The van der Waals surface area contributed by atoms with E-state index in [1.807, 2.05) is 72.0 Å². The van der Waals surface area contributed by atoms with Gasteiger partial charge in [-0.3, -0.25) is 0 Å². The molecule has 0 atom stereocenters. The Morgan fingerprint density at radius 2 is 1.12 bits per heavy atom. The van der Waals surface area contributed by atoms with Crippen LogP contribution in [-0.2, 0) is 6.42 Å². The molecule has 0 unspecified atom stereocenters. The second-order valence-corrected chi connectivity index (χ2v) is 13.9. The third-order valence-corrected chi connectivity index (χ3v) is 10.9. The molecule has 0 amide bonds. The van der Waals surface area contributed by atoms with Gasteiger partial charge in [0.05, 0.1) is 11.0 Å². The number of thiophene rings is 1. The number of fused-ring (bicyclic) bond motifs is 6. The molecular formula is C45H30N4S. The Morgan fingerprint density at radius 1 is 0.480 bits per heavy atom. The first-order chi connectivity index (χ1) is 24.8. The van der Waals surface area contributed by atoms with E-state index in [1.54, 1.807) is 0 Å². The van der Waals surface area contributed by atoms with Crippen LogP contribution in [0.3, 0.4) is 0 Å². The van der Waals surface area contributed by atoms with Crippen molar-refractivity contribution in [3.63, 3.8) is 0 Å². The van der Waals surface area contributed by atoms with E-state index < -0.39 is 0 Å². The fraction of sp³-hybridized carbons (Fsp3) is 0.0444. The molecule has 0 aliphatic heterocycles. The second-order valence-electron chi connectivity index (χ2n) is 12.8. The summed E-state index contributed by atoms with van der Waals surface area (Å²) in [6, 6.07) is 51.3. The fourth-order valence-electron chi connectivity index (χ4n) is 7.30. The summed E-state index contributed by atoms with van der Waals surface area (Å²) in [5.74, 6) is 1.97. The molecule has 0 saturated heterocycles. The van der Waals surface area contributed by atoms with Crippen LogP contribution in [0.15, 0.2) is 152 Å². The summed E-state index contributed by atoms with van der Waals surface area (Å²) in [4.78, 5) is 16.2. The Bertz CT molecular complexity index is 2680. The molecule has 6 aromatic carbocycles. The van der Waals surface area contributed by atoms with Crippen molar-refractivity contribution in [1.82, 2.24) is 19.5 Å². The van der Waals surface area contributed by atoms with Crippen molar-refractivity contribution in [2.75, 3.05) is 0 Å². The van der Waals surface area contributed by atoms with Crippen molar-refractivity contribution < 1.29 is 0 Å². The summed E-state index contributed by atoms with van der Waals surface area (Å²) in [5, 5.41) is 4.00. The number of aryl methyl sites for hydroxylation is 1. The van der Waals surface area contributed by atoms with Crippen LogP contribution in [0.2, 0.25) is 0 Å². The summed E-state index contributed by atoms with van der Waals surface area (Å²) >= 11 is 1.91. The van der Waals surface area contributed by atoms with Gasteiger partial charge < -0.3 is 4.57 Å². The summed E-state index contributed by atoms with van der Waals surface area (Å²) < 4.78 is 3.77. The Balaban J connectivity index is 1.06. The van der Waals surface area contributed by atoms with Crippen molar-refractivity contribution in [3.05, 3.63) is 162 Å². The van der Waals surface area contributed by atoms with Gasteiger partial charge in [-0.05, 0) is 77.4 Å². The normalized spacial score (nSPS) is 12.6. The van der Waals surface area contributed by atoms with E-state index in [0.717, 1.165) is 46.3 Å². The molecule has 1 aliphatic carbocycles. The fourth-order valence-corrected chi connectivity index (χ4v) is 8.50. The standard InChI is InChI=1S/C45H30N4S/c1-3-12-30(13-4-1)43-46-44(31-14-5-2-6-15-31)48-45(47-43)33-17-11-16-32(26-33)29-22-24-34(25-23-29)49-39-20-9-7-18-35(39)37-27-38-36-19-8-10-21-41(36)50-42(38)28-40(37)49/h1-7,9-18,20-28H,8,19H2. The van der Waals surface area contributed by atoms with Crippen LogP contribution in [0, 0.1) is 0 Å². The predicted octanol–water partition coefficient (Wildman–Crippen LogP) is 11.8. The quantitative estimate of drug-likeness (QED) is 0.185. The molecule has 0 spiro atoms. The third kappa shape index (κ3) is 4.86. The second kappa shape index (κ2) is 11.8. The van der Waals surface area contributed by atoms with Gasteiger partial charge in [0.25, 0.3) is 0 Å². The van der Waals surface area contributed by atoms with E-state index in [2.05, 4.69) is 102 Å². The minimum Gasteiger partial charge on any atom is -0.309 e. The smallest absolute Gasteiger partial charge is 0.164 e. The molecule has 236 valence electrons. The zero-order chi connectivity index (χ0) is 33.0. The summed E-state index contributed by atoms with van der Waals surface area (Å²) in [6.07, 6.45) is 6.85. The molecule has 10 rings (SSSR count). The summed E-state index contributed by atoms with van der Waals surface area (Å²) in [6.45, 7) is 0. The van der Waals surface area contributed by atoms with Gasteiger partial charge in [-0.25, -0.2) is 15.0 Å². The Labute approximate surface area is 293 Å². The highest BCUT2D eigenvalue weighted by molar-refractivity contribution is 7.20. The van der Waals surface area contributed by atoms with Gasteiger partial charge in [-0.15, -0.1) is 11.3 Å². The maximum Gasteiger partial charge on any atom is 0.164 e. The lowest BCUT2D eigenvalue weighted by atomic mass is 10.00. The number of benzene rings is 6. The molecule has 0 bridgehead atoms. The van der Waals surface area contributed by atoms with Crippen molar-refractivity contribution in [1.29, 1.82) is 0 Å². The predicted molar refractivity (Wildman–Crippen MR) is 209 cm³/mol. The number of hydrogen-bond acceptors (Lipinski definition) is 4. The first kappa shape index (κ1) is 28.8. The van der Waals surface area contributed by atoms with Crippen LogP contribution >= 0.6 is 11.3 Å². The van der Waals surface area contributed by atoms with E-state index in [1.165, 1.54) is 42.3 Å². The molecule has 4 nitrogen and oxygen atoms in total. The van der Waals surface area contributed by atoms with Gasteiger partial charge in [0, 0.05) is 42.7 Å². The maximum atomic E-state index is 4.95. The van der Waals surface area contributed by atoms with Gasteiger partial charge in [0.1, 0.15) is 0 Å². The summed E-state index contributed by atoms with van der Waals surface area (Å²) in [7, 11) is 0. The van der Waals surface area contributed by atoms with Crippen LogP contribution in [0.5, 0.6) is 0 Å². The number of allylic oxidation sites excluding steroid dienone is 1. The van der Waals surface area contributed by atoms with Crippen LogP contribution in [0.1, 0.15) is 16.9 Å². The zero-order valence-electron chi connectivity index (χ0n) is 27.1. The van der Waals surface area contributed by atoms with Gasteiger partial charge in [0.15, 0.2) is 17.5 Å². The Hall–Kier alpha value is -6.17. The lowest BCUT2D eigenvalue weighted by Crippen LogP contribution is -2.00. The average Bonchev–Trinajstić information content (AvgIpc) is 3.72. The molecule has 9 aromatic rings. The van der Waals surface area contributed by atoms with E-state index in [-0.39, 0.29) is 0 Å². The Morgan fingerprint density at radius 3 is 1.86 bits per heavy atom. The van der Waals surface area contributed by atoms with E-state index in [4.69, 9.17) is 15.0 Å². The topological polar surface area (TPSA) is 43.6 Å². The van der Waals surface area contributed by atoms with Crippen molar-refractivity contribution in [2.45, 2.75) is 12.8 Å². The van der Waals surface area contributed by atoms with Crippen LogP contribution in [0.4, 0.5) is 0 Å². The zero-order valence-corrected chi connectivity index (χ0v) is 27.9. The lowest BCUT2D eigenvalue weighted by Gasteiger charge is -2.11. The minimum atomic E-state index is 0.651. The average molecular weight is 659 g/mol. The molecule has 5 heteroatoms. The SMILES string of the molecule is C1=Cc2sc3cc4c(cc3c2CC1)c1ccccc1n4-c1ccc(-c2cccc(-c3nc(-c4ccccc4)nc(-c4ccccc4)n3)c2)cc1. The molecule has 1 aliphatic rings. The monoisotopic (exact) mass is 658 g/mol. The highest BCUT2D eigenvalue weighted by Crippen LogP contribution is 2.41. The van der Waals surface area contributed by atoms with E-state index in [0.29, 0.717) is 17.5 Å². The van der Waals surface area contributed by atoms with Crippen LogP contribution in [-0.4, -0.2) is 19.5 Å². The number of aromatic nitrogens is 4.